The Labute approximate surface area is 95.2 Å². The molecule has 3 heteroatoms. The first kappa shape index (κ1) is 9.70. The van der Waals surface area contributed by atoms with E-state index in [1.807, 2.05) is 23.1 Å². The Morgan fingerprint density at radius 2 is 2.19 bits per heavy atom. The van der Waals surface area contributed by atoms with Crippen molar-refractivity contribution >= 4 is 11.6 Å². The van der Waals surface area contributed by atoms with Gasteiger partial charge in [0.15, 0.2) is 0 Å². The van der Waals surface area contributed by atoms with E-state index < -0.39 is 0 Å². The van der Waals surface area contributed by atoms with Gasteiger partial charge in [0, 0.05) is 18.3 Å². The molecule has 1 heterocycles. The average Bonchev–Trinajstić information content (AvgIpc) is 3.04. The van der Waals surface area contributed by atoms with E-state index in [0.29, 0.717) is 17.6 Å². The molecule has 0 radical (unpaired) electrons. The molecule has 1 aliphatic carbocycles. The van der Waals surface area contributed by atoms with Gasteiger partial charge in [-0.3, -0.25) is 4.79 Å². The number of fused-ring (bicyclic) bond motifs is 1. The molecule has 1 aliphatic heterocycles. The lowest BCUT2D eigenvalue weighted by molar-refractivity contribution is 0.0698. The summed E-state index contributed by atoms with van der Waals surface area (Å²) >= 11 is 0. The van der Waals surface area contributed by atoms with E-state index in [0.717, 1.165) is 17.7 Å². The summed E-state index contributed by atoms with van der Waals surface area (Å²) in [5, 5.41) is 0. The minimum Gasteiger partial charge on any atom is -0.398 e. The molecule has 1 aromatic rings. The van der Waals surface area contributed by atoms with Crippen LogP contribution in [0.2, 0.25) is 0 Å². The van der Waals surface area contributed by atoms with Crippen molar-refractivity contribution in [2.24, 2.45) is 5.92 Å². The van der Waals surface area contributed by atoms with Gasteiger partial charge in [-0.15, -0.1) is 0 Å². The highest BCUT2D eigenvalue weighted by molar-refractivity contribution is 6.03. The molecule has 2 N–H and O–H groups in total. The molecule has 1 aromatic carbocycles. The molecule has 1 atom stereocenters. The number of carbonyl (C=O) groups is 1. The summed E-state index contributed by atoms with van der Waals surface area (Å²) in [4.78, 5) is 14.2. The molecule has 1 fully saturated rings. The lowest BCUT2D eigenvalue weighted by Crippen LogP contribution is -2.34. The number of rotatable bonds is 2. The monoisotopic (exact) mass is 216 g/mol. The van der Waals surface area contributed by atoms with Crippen molar-refractivity contribution in [1.29, 1.82) is 0 Å². The lowest BCUT2D eigenvalue weighted by Gasteiger charge is -2.23. The first-order valence-corrected chi connectivity index (χ1v) is 5.87. The third-order valence-electron chi connectivity index (χ3n) is 3.79. The summed E-state index contributed by atoms with van der Waals surface area (Å²) < 4.78 is 0. The third-order valence-corrected chi connectivity index (χ3v) is 3.79. The predicted octanol–water partition coefficient (Wildman–Crippen LogP) is 2.02. The minimum atomic E-state index is 0.118. The predicted molar refractivity (Wildman–Crippen MR) is 62.9 cm³/mol. The molecule has 0 saturated heterocycles. The quantitative estimate of drug-likeness (QED) is 0.769. The van der Waals surface area contributed by atoms with Gasteiger partial charge in [-0.2, -0.15) is 0 Å². The molecule has 16 heavy (non-hydrogen) atoms. The van der Waals surface area contributed by atoms with Gasteiger partial charge in [-0.05, 0) is 37.3 Å². The van der Waals surface area contributed by atoms with Crippen LogP contribution in [0.4, 0.5) is 5.69 Å². The Balaban J connectivity index is 1.94. The number of hydrogen-bond acceptors (Lipinski definition) is 2. The minimum absolute atomic E-state index is 0.118. The van der Waals surface area contributed by atoms with E-state index in [1.54, 1.807) is 0 Å². The highest BCUT2D eigenvalue weighted by atomic mass is 16.2. The molecule has 84 valence electrons. The van der Waals surface area contributed by atoms with Crippen LogP contribution in [0.5, 0.6) is 0 Å². The smallest absolute Gasteiger partial charge is 0.256 e. The van der Waals surface area contributed by atoms with Gasteiger partial charge in [0.2, 0.25) is 0 Å². The second-order valence-electron chi connectivity index (χ2n) is 4.89. The van der Waals surface area contributed by atoms with E-state index in [2.05, 4.69) is 6.92 Å². The Hall–Kier alpha value is -1.51. The van der Waals surface area contributed by atoms with Gasteiger partial charge in [0.25, 0.3) is 5.91 Å². The van der Waals surface area contributed by atoms with E-state index in [1.165, 1.54) is 12.8 Å². The first-order valence-electron chi connectivity index (χ1n) is 5.87. The lowest BCUT2D eigenvalue weighted by atomic mass is 10.1. The number of benzene rings is 1. The van der Waals surface area contributed by atoms with Crippen LogP contribution < -0.4 is 5.73 Å². The van der Waals surface area contributed by atoms with Crippen LogP contribution in [0.25, 0.3) is 0 Å². The van der Waals surface area contributed by atoms with Gasteiger partial charge in [-0.1, -0.05) is 12.1 Å². The molecule has 0 bridgehead atoms. The molecule has 3 nitrogen and oxygen atoms in total. The third kappa shape index (κ3) is 1.31. The van der Waals surface area contributed by atoms with E-state index >= 15 is 0 Å². The Morgan fingerprint density at radius 1 is 1.44 bits per heavy atom. The fourth-order valence-corrected chi connectivity index (χ4v) is 2.57. The SMILES string of the molecule is C[C@@H](C1CC1)N1Cc2cccc(N)c2C1=O. The van der Waals surface area contributed by atoms with Crippen LogP contribution in [0.3, 0.4) is 0 Å². The van der Waals surface area contributed by atoms with Crippen LogP contribution in [0.15, 0.2) is 18.2 Å². The van der Waals surface area contributed by atoms with Crippen LogP contribution in [0.1, 0.15) is 35.7 Å². The molecule has 1 amide bonds. The van der Waals surface area contributed by atoms with Gasteiger partial charge in [0.05, 0.1) is 5.56 Å². The second kappa shape index (κ2) is 3.24. The van der Waals surface area contributed by atoms with Crippen LogP contribution in [0, 0.1) is 5.92 Å². The molecule has 1 saturated carbocycles. The number of nitrogens with zero attached hydrogens (tertiary/aromatic N) is 1. The molecular weight excluding hydrogens is 200 g/mol. The second-order valence-corrected chi connectivity index (χ2v) is 4.89. The molecule has 0 aromatic heterocycles. The summed E-state index contributed by atoms with van der Waals surface area (Å²) in [5.74, 6) is 0.826. The maximum atomic E-state index is 12.2. The number of amides is 1. The van der Waals surface area contributed by atoms with Crippen LogP contribution in [-0.4, -0.2) is 16.8 Å². The molecule has 0 spiro atoms. The zero-order valence-corrected chi connectivity index (χ0v) is 9.44. The fraction of sp³-hybridized carbons (Fsp3) is 0.462. The number of anilines is 1. The van der Waals surface area contributed by atoms with E-state index in [9.17, 15) is 4.79 Å². The van der Waals surface area contributed by atoms with Gasteiger partial charge >= 0.3 is 0 Å². The van der Waals surface area contributed by atoms with Crippen LogP contribution in [-0.2, 0) is 6.54 Å². The van der Waals surface area contributed by atoms with Crippen molar-refractivity contribution in [2.45, 2.75) is 32.4 Å². The van der Waals surface area contributed by atoms with Crippen molar-refractivity contribution in [3.8, 4) is 0 Å². The summed E-state index contributed by atoms with van der Waals surface area (Å²) in [5.41, 5.74) is 8.30. The largest absolute Gasteiger partial charge is 0.398 e. The summed E-state index contributed by atoms with van der Waals surface area (Å²) in [6.07, 6.45) is 2.52. The molecule has 2 aliphatic rings. The summed E-state index contributed by atoms with van der Waals surface area (Å²) in [6, 6.07) is 6.09. The Bertz CT molecular complexity index is 451. The summed E-state index contributed by atoms with van der Waals surface area (Å²) in [7, 11) is 0. The van der Waals surface area contributed by atoms with Gasteiger partial charge < -0.3 is 10.6 Å². The highest BCUT2D eigenvalue weighted by Crippen LogP contribution is 2.39. The van der Waals surface area contributed by atoms with Crippen molar-refractivity contribution < 1.29 is 4.79 Å². The van der Waals surface area contributed by atoms with Crippen LogP contribution >= 0.6 is 0 Å². The Morgan fingerprint density at radius 3 is 2.81 bits per heavy atom. The number of nitrogens with two attached hydrogens (primary N) is 1. The topological polar surface area (TPSA) is 46.3 Å². The zero-order chi connectivity index (χ0) is 11.3. The van der Waals surface area contributed by atoms with Crippen molar-refractivity contribution in [3.63, 3.8) is 0 Å². The number of nitrogen functional groups attached to an aromatic ring is 1. The standard InChI is InChI=1S/C13H16N2O/c1-8(9-5-6-9)15-7-10-3-2-4-11(14)12(10)13(15)16/h2-4,8-9H,5-7,14H2,1H3/t8-/m0/s1. The normalized spacial score (nSPS) is 21.1. The molecule has 3 rings (SSSR count). The average molecular weight is 216 g/mol. The zero-order valence-electron chi connectivity index (χ0n) is 9.44. The van der Waals surface area contributed by atoms with Crippen molar-refractivity contribution in [2.75, 3.05) is 5.73 Å². The number of carbonyl (C=O) groups excluding carboxylic acids is 1. The van der Waals surface area contributed by atoms with Gasteiger partial charge in [0.1, 0.15) is 0 Å². The van der Waals surface area contributed by atoms with E-state index in [4.69, 9.17) is 5.73 Å². The molecular formula is C13H16N2O. The maximum absolute atomic E-state index is 12.2. The molecule has 0 unspecified atom stereocenters. The summed E-state index contributed by atoms with van der Waals surface area (Å²) in [6.45, 7) is 2.88. The maximum Gasteiger partial charge on any atom is 0.256 e. The van der Waals surface area contributed by atoms with E-state index in [-0.39, 0.29) is 5.91 Å². The van der Waals surface area contributed by atoms with Crippen molar-refractivity contribution in [3.05, 3.63) is 29.3 Å². The van der Waals surface area contributed by atoms with Crippen molar-refractivity contribution in [1.82, 2.24) is 4.90 Å². The Kier molecular flexibility index (Phi) is 1.96. The highest BCUT2D eigenvalue weighted by Gasteiger charge is 2.38. The fourth-order valence-electron chi connectivity index (χ4n) is 2.57. The first-order chi connectivity index (χ1) is 7.68. The number of hydrogen-bond donors (Lipinski definition) is 1. The van der Waals surface area contributed by atoms with Gasteiger partial charge in [-0.25, -0.2) is 0 Å².